The summed E-state index contributed by atoms with van der Waals surface area (Å²) in [6, 6.07) is 12.6. The molecule has 3 nitrogen and oxygen atoms in total. The molecule has 0 amide bonds. The van der Waals surface area contributed by atoms with E-state index in [-0.39, 0.29) is 0 Å². The summed E-state index contributed by atoms with van der Waals surface area (Å²) in [6.45, 7) is 2.85. The monoisotopic (exact) mass is 256 g/mol. The third kappa shape index (κ3) is 2.60. The minimum Gasteiger partial charge on any atom is -0.512 e. The van der Waals surface area contributed by atoms with Crippen molar-refractivity contribution in [1.29, 1.82) is 0 Å². The molecule has 0 bridgehead atoms. The van der Waals surface area contributed by atoms with Gasteiger partial charge in [-0.15, -0.1) is 0 Å². The Morgan fingerprint density at radius 3 is 2.21 bits per heavy atom. The van der Waals surface area contributed by atoms with E-state index in [0.29, 0.717) is 5.76 Å². The topological polar surface area (TPSA) is 57.5 Å². The van der Waals surface area contributed by atoms with Gasteiger partial charge in [0.1, 0.15) is 0 Å². The maximum Gasteiger partial charge on any atom is 0.300 e. The van der Waals surface area contributed by atoms with Crippen molar-refractivity contribution in [1.82, 2.24) is 0 Å². The van der Waals surface area contributed by atoms with Gasteiger partial charge in [-0.05, 0) is 28.8 Å². The van der Waals surface area contributed by atoms with Crippen LogP contribution in [-0.4, -0.2) is 16.2 Å². The number of rotatable bonds is 0. The Bertz CT molecular complexity index is 655. The van der Waals surface area contributed by atoms with Crippen molar-refractivity contribution in [3.05, 3.63) is 53.3 Å². The first kappa shape index (κ1) is 13.1. The Balaban J connectivity index is 0.000000297. The smallest absolute Gasteiger partial charge is 0.300 e. The van der Waals surface area contributed by atoms with Gasteiger partial charge in [0.25, 0.3) is 5.97 Å². The third-order valence-electron chi connectivity index (χ3n) is 3.12. The van der Waals surface area contributed by atoms with Gasteiger partial charge in [-0.1, -0.05) is 36.4 Å². The molecule has 0 saturated heterocycles. The first-order valence-corrected chi connectivity index (χ1v) is 6.10. The van der Waals surface area contributed by atoms with Crippen LogP contribution < -0.4 is 0 Å². The number of carboxylic acids is 1. The van der Waals surface area contributed by atoms with E-state index in [1.807, 2.05) is 0 Å². The van der Waals surface area contributed by atoms with Crippen LogP contribution in [0.5, 0.6) is 0 Å². The molecule has 3 heteroatoms. The van der Waals surface area contributed by atoms with Gasteiger partial charge in [0.05, 0.1) is 5.76 Å². The molecule has 3 rings (SSSR count). The molecular weight excluding hydrogens is 240 g/mol. The van der Waals surface area contributed by atoms with Crippen LogP contribution in [0.4, 0.5) is 0 Å². The number of hydrogen-bond donors (Lipinski definition) is 2. The molecule has 0 aliphatic heterocycles. The molecule has 2 aromatic carbocycles. The van der Waals surface area contributed by atoms with E-state index in [4.69, 9.17) is 9.90 Å². The quantitative estimate of drug-likeness (QED) is 0.705. The number of aliphatic hydroxyl groups excluding tert-OH is 1. The van der Waals surface area contributed by atoms with Crippen molar-refractivity contribution < 1.29 is 15.0 Å². The number of carbonyl (C=O) groups is 1. The summed E-state index contributed by atoms with van der Waals surface area (Å²) in [5.41, 5.74) is 3.59. The Labute approximate surface area is 111 Å². The highest BCUT2D eigenvalue weighted by Gasteiger charge is 2.19. The van der Waals surface area contributed by atoms with Crippen LogP contribution in [0.2, 0.25) is 0 Å². The zero-order valence-electron chi connectivity index (χ0n) is 11.0. The molecule has 19 heavy (non-hydrogen) atoms. The lowest BCUT2D eigenvalue weighted by Crippen LogP contribution is -1.84. The molecule has 2 N–H and O–H groups in total. The van der Waals surface area contributed by atoms with E-state index in [2.05, 4.69) is 36.4 Å². The van der Waals surface area contributed by atoms with Gasteiger partial charge in [0.15, 0.2) is 0 Å². The molecule has 0 aromatic heterocycles. The van der Waals surface area contributed by atoms with Gasteiger partial charge in [0.2, 0.25) is 0 Å². The average molecular weight is 256 g/mol. The number of carboxylic acid groups (broad SMARTS) is 1. The van der Waals surface area contributed by atoms with Gasteiger partial charge in [-0.2, -0.15) is 0 Å². The van der Waals surface area contributed by atoms with Crippen molar-refractivity contribution >= 4 is 22.3 Å². The van der Waals surface area contributed by atoms with Crippen LogP contribution in [0.25, 0.3) is 16.3 Å². The lowest BCUT2D eigenvalue weighted by molar-refractivity contribution is -0.134. The van der Waals surface area contributed by atoms with E-state index in [9.17, 15) is 5.11 Å². The largest absolute Gasteiger partial charge is 0.512 e. The molecule has 2 aromatic rings. The summed E-state index contributed by atoms with van der Waals surface area (Å²) in [5.74, 6) is -0.390. The molecule has 0 radical (unpaired) electrons. The van der Waals surface area contributed by atoms with Crippen LogP contribution in [0.3, 0.4) is 0 Å². The lowest BCUT2D eigenvalue weighted by atomic mass is 10.0. The molecule has 1 aliphatic carbocycles. The van der Waals surface area contributed by atoms with Gasteiger partial charge < -0.3 is 10.2 Å². The van der Waals surface area contributed by atoms with Crippen molar-refractivity contribution in [2.24, 2.45) is 0 Å². The highest BCUT2D eigenvalue weighted by atomic mass is 16.4. The first-order chi connectivity index (χ1) is 9.00. The third-order valence-corrected chi connectivity index (χ3v) is 3.12. The number of benzene rings is 2. The maximum atomic E-state index is 9.66. The SMILES string of the molecule is CC(=O)O.CC(O)=C1Cc2cccc3cccc1c23. The van der Waals surface area contributed by atoms with Crippen molar-refractivity contribution in [3.8, 4) is 0 Å². The summed E-state index contributed by atoms with van der Waals surface area (Å²) in [7, 11) is 0. The normalized spacial score (nSPS) is 14.8. The molecule has 0 spiro atoms. The molecule has 0 saturated carbocycles. The predicted octanol–water partition coefficient (Wildman–Crippen LogP) is 3.78. The number of aliphatic hydroxyl groups is 1. The number of allylic oxidation sites excluding steroid dienone is 2. The molecule has 0 fully saturated rings. The summed E-state index contributed by atoms with van der Waals surface area (Å²) in [6.07, 6.45) is 0.860. The maximum absolute atomic E-state index is 9.66. The Morgan fingerprint density at radius 1 is 1.05 bits per heavy atom. The second-order valence-corrected chi connectivity index (χ2v) is 4.58. The summed E-state index contributed by atoms with van der Waals surface area (Å²) in [4.78, 5) is 9.00. The molecule has 98 valence electrons. The minimum absolute atomic E-state index is 0.443. The zero-order chi connectivity index (χ0) is 14.0. The van der Waals surface area contributed by atoms with Crippen LogP contribution in [0, 0.1) is 0 Å². The molecule has 0 heterocycles. The molecular formula is C16H16O3. The second kappa shape index (κ2) is 5.14. The standard InChI is InChI=1S/C14H12O.C2H4O2/c1-9(15)13-8-11-6-2-4-10-5-3-7-12(13)14(10)11;1-2(3)4/h2-7,15H,8H2,1H3;1H3,(H,3,4). The van der Waals surface area contributed by atoms with E-state index in [0.717, 1.165) is 18.9 Å². The van der Waals surface area contributed by atoms with Crippen molar-refractivity contribution in [3.63, 3.8) is 0 Å². The van der Waals surface area contributed by atoms with Crippen molar-refractivity contribution in [2.75, 3.05) is 0 Å². The number of aliphatic carboxylic acids is 1. The minimum atomic E-state index is -0.833. The Hall–Kier alpha value is -2.29. The van der Waals surface area contributed by atoms with E-state index < -0.39 is 5.97 Å². The fraction of sp³-hybridized carbons (Fsp3) is 0.188. The molecule has 1 aliphatic rings. The number of hydrogen-bond acceptors (Lipinski definition) is 2. The van der Waals surface area contributed by atoms with Gasteiger partial charge in [-0.25, -0.2) is 0 Å². The molecule has 0 atom stereocenters. The average Bonchev–Trinajstić information content (AvgIpc) is 2.71. The Kier molecular flexibility index (Phi) is 3.56. The lowest BCUT2D eigenvalue weighted by Gasteiger charge is -2.01. The van der Waals surface area contributed by atoms with E-state index in [1.165, 1.54) is 21.9 Å². The summed E-state index contributed by atoms with van der Waals surface area (Å²) < 4.78 is 0. The highest BCUT2D eigenvalue weighted by Crippen LogP contribution is 2.38. The van der Waals surface area contributed by atoms with E-state index in [1.54, 1.807) is 6.92 Å². The Morgan fingerprint density at radius 2 is 1.63 bits per heavy atom. The van der Waals surface area contributed by atoms with Crippen LogP contribution in [0.1, 0.15) is 25.0 Å². The highest BCUT2D eigenvalue weighted by molar-refractivity contribution is 6.01. The van der Waals surface area contributed by atoms with Gasteiger partial charge >= 0.3 is 0 Å². The van der Waals surface area contributed by atoms with Crippen LogP contribution in [-0.2, 0) is 11.2 Å². The fourth-order valence-electron chi connectivity index (χ4n) is 2.43. The molecule has 0 unspecified atom stereocenters. The van der Waals surface area contributed by atoms with E-state index >= 15 is 0 Å². The first-order valence-electron chi connectivity index (χ1n) is 6.10. The summed E-state index contributed by atoms with van der Waals surface area (Å²) >= 11 is 0. The van der Waals surface area contributed by atoms with Crippen molar-refractivity contribution in [2.45, 2.75) is 20.3 Å². The van der Waals surface area contributed by atoms with Crippen LogP contribution >= 0.6 is 0 Å². The van der Waals surface area contributed by atoms with Crippen LogP contribution in [0.15, 0.2) is 42.2 Å². The fourth-order valence-corrected chi connectivity index (χ4v) is 2.43. The van der Waals surface area contributed by atoms with Gasteiger partial charge in [0, 0.05) is 18.9 Å². The van der Waals surface area contributed by atoms with Gasteiger partial charge in [-0.3, -0.25) is 4.79 Å². The zero-order valence-corrected chi connectivity index (χ0v) is 11.0. The second-order valence-electron chi connectivity index (χ2n) is 4.58. The predicted molar refractivity (Wildman–Crippen MR) is 76.2 cm³/mol. The summed E-state index contributed by atoms with van der Waals surface area (Å²) in [5, 5.41) is 19.6.